The molecule has 2 N–H and O–H groups in total. The van der Waals surface area contributed by atoms with Crippen LogP contribution < -0.4 is 5.73 Å². The topological polar surface area (TPSA) is 52.3 Å². The molecule has 2 aliphatic rings. The number of nitrogens with two attached hydrogens (primary N) is 1. The Morgan fingerprint density at radius 1 is 1.33 bits per heavy atom. The van der Waals surface area contributed by atoms with Gasteiger partial charge in [-0.25, -0.2) is 0 Å². The molecule has 0 aromatic carbocycles. The van der Waals surface area contributed by atoms with Crippen LogP contribution in [0.2, 0.25) is 0 Å². The first kappa shape index (κ1) is 10.9. The highest BCUT2D eigenvalue weighted by molar-refractivity contribution is 5.71. The summed E-state index contributed by atoms with van der Waals surface area (Å²) in [6.07, 6.45) is 8.56. The molecule has 0 bridgehead atoms. The van der Waals surface area contributed by atoms with Gasteiger partial charge in [-0.15, -0.1) is 0 Å². The summed E-state index contributed by atoms with van der Waals surface area (Å²) < 4.78 is 5.20. The van der Waals surface area contributed by atoms with Gasteiger partial charge in [-0.05, 0) is 31.6 Å². The van der Waals surface area contributed by atoms with Crippen molar-refractivity contribution < 1.29 is 9.53 Å². The standard InChI is InChI=1S/C12H21NO2/c13-12(6-2-7-12)9-11(14)15-8-5-10-3-1-4-10/h10H,1-9,13H2. The van der Waals surface area contributed by atoms with Crippen LogP contribution in [0.15, 0.2) is 0 Å². The number of esters is 1. The van der Waals surface area contributed by atoms with Gasteiger partial charge in [0.15, 0.2) is 0 Å². The molecule has 0 radical (unpaired) electrons. The maximum Gasteiger partial charge on any atom is 0.307 e. The highest BCUT2D eigenvalue weighted by Gasteiger charge is 2.35. The van der Waals surface area contributed by atoms with Crippen LogP contribution in [0.4, 0.5) is 0 Å². The Hall–Kier alpha value is -0.570. The van der Waals surface area contributed by atoms with Crippen molar-refractivity contribution in [3.63, 3.8) is 0 Å². The molecule has 0 spiro atoms. The molecule has 2 fully saturated rings. The summed E-state index contributed by atoms with van der Waals surface area (Å²) in [5, 5.41) is 0. The molecule has 86 valence electrons. The summed E-state index contributed by atoms with van der Waals surface area (Å²) in [6.45, 7) is 0.597. The van der Waals surface area contributed by atoms with E-state index >= 15 is 0 Å². The molecule has 0 aromatic rings. The first-order chi connectivity index (χ1) is 7.18. The average Bonchev–Trinajstić information content (AvgIpc) is 2.07. The van der Waals surface area contributed by atoms with Crippen LogP contribution in [0.3, 0.4) is 0 Å². The minimum atomic E-state index is -0.229. The predicted octanol–water partition coefficient (Wildman–Crippen LogP) is 1.99. The van der Waals surface area contributed by atoms with Crippen LogP contribution in [0, 0.1) is 5.92 Å². The monoisotopic (exact) mass is 211 g/mol. The zero-order valence-electron chi connectivity index (χ0n) is 9.34. The van der Waals surface area contributed by atoms with Crippen LogP contribution in [-0.4, -0.2) is 18.1 Å². The van der Waals surface area contributed by atoms with Crippen molar-refractivity contribution >= 4 is 5.97 Å². The van der Waals surface area contributed by atoms with Crippen molar-refractivity contribution in [2.75, 3.05) is 6.61 Å². The summed E-state index contributed by atoms with van der Waals surface area (Å²) in [5.41, 5.74) is 5.74. The van der Waals surface area contributed by atoms with Gasteiger partial charge in [0.2, 0.25) is 0 Å². The number of ether oxygens (including phenoxy) is 1. The van der Waals surface area contributed by atoms with Crippen LogP contribution in [0.1, 0.15) is 51.4 Å². The molecule has 2 rings (SSSR count). The molecule has 0 atom stereocenters. The van der Waals surface area contributed by atoms with Crippen molar-refractivity contribution in [2.24, 2.45) is 11.7 Å². The van der Waals surface area contributed by atoms with Gasteiger partial charge in [-0.3, -0.25) is 4.79 Å². The quantitative estimate of drug-likeness (QED) is 0.707. The van der Waals surface area contributed by atoms with Gasteiger partial charge >= 0.3 is 5.97 Å². The third-order valence-corrected chi connectivity index (χ3v) is 3.86. The van der Waals surface area contributed by atoms with E-state index in [1.54, 1.807) is 0 Å². The Labute approximate surface area is 91.4 Å². The summed E-state index contributed by atoms with van der Waals surface area (Å²) in [5.74, 6) is 0.713. The molecule has 0 heterocycles. The molecule has 0 amide bonds. The number of rotatable bonds is 5. The van der Waals surface area contributed by atoms with Crippen molar-refractivity contribution in [1.29, 1.82) is 0 Å². The Bertz CT molecular complexity index is 232. The van der Waals surface area contributed by atoms with E-state index in [4.69, 9.17) is 10.5 Å². The second-order valence-electron chi connectivity index (χ2n) is 5.20. The number of hydrogen-bond donors (Lipinski definition) is 1. The SMILES string of the molecule is NC1(CC(=O)OCCC2CCC2)CCC1. The number of carbonyl (C=O) groups is 1. The third kappa shape index (κ3) is 2.94. The van der Waals surface area contributed by atoms with E-state index in [2.05, 4.69) is 0 Å². The molecule has 3 heteroatoms. The maximum absolute atomic E-state index is 11.4. The second-order valence-corrected chi connectivity index (χ2v) is 5.20. The fourth-order valence-electron chi connectivity index (χ4n) is 2.27. The molecule has 0 unspecified atom stereocenters. The van der Waals surface area contributed by atoms with Crippen molar-refractivity contribution in [3.8, 4) is 0 Å². The molecule has 0 saturated heterocycles. The van der Waals surface area contributed by atoms with Crippen molar-refractivity contribution in [2.45, 2.75) is 56.9 Å². The van der Waals surface area contributed by atoms with E-state index in [-0.39, 0.29) is 11.5 Å². The van der Waals surface area contributed by atoms with Crippen molar-refractivity contribution in [3.05, 3.63) is 0 Å². The summed E-state index contributed by atoms with van der Waals surface area (Å²) in [4.78, 5) is 11.4. The normalized spacial score (nSPS) is 24.1. The molecule has 2 aliphatic carbocycles. The van der Waals surface area contributed by atoms with E-state index in [1.807, 2.05) is 0 Å². The van der Waals surface area contributed by atoms with Gasteiger partial charge in [-0.1, -0.05) is 19.3 Å². The van der Waals surface area contributed by atoms with Gasteiger partial charge in [0.1, 0.15) is 0 Å². The van der Waals surface area contributed by atoms with E-state index in [1.165, 1.54) is 19.3 Å². The molecule has 15 heavy (non-hydrogen) atoms. The van der Waals surface area contributed by atoms with Gasteiger partial charge < -0.3 is 10.5 Å². The van der Waals surface area contributed by atoms with Gasteiger partial charge in [-0.2, -0.15) is 0 Å². The highest BCUT2D eigenvalue weighted by atomic mass is 16.5. The molecule has 0 aromatic heterocycles. The molecule has 3 nitrogen and oxygen atoms in total. The lowest BCUT2D eigenvalue weighted by atomic mass is 9.75. The molecular formula is C12H21NO2. The molecule has 0 aliphatic heterocycles. The Kier molecular flexibility index (Phi) is 3.29. The largest absolute Gasteiger partial charge is 0.466 e. The Balaban J connectivity index is 1.55. The third-order valence-electron chi connectivity index (χ3n) is 3.86. The Morgan fingerprint density at radius 2 is 2.07 bits per heavy atom. The lowest BCUT2D eigenvalue weighted by Crippen LogP contribution is -2.48. The fourth-order valence-corrected chi connectivity index (χ4v) is 2.27. The van der Waals surface area contributed by atoms with E-state index in [0.29, 0.717) is 13.0 Å². The summed E-state index contributed by atoms with van der Waals surface area (Å²) in [7, 11) is 0. The zero-order chi connectivity index (χ0) is 10.7. The minimum Gasteiger partial charge on any atom is -0.466 e. The second kappa shape index (κ2) is 4.52. The van der Waals surface area contributed by atoms with Crippen LogP contribution in [0.25, 0.3) is 0 Å². The van der Waals surface area contributed by atoms with Crippen molar-refractivity contribution in [1.82, 2.24) is 0 Å². The van der Waals surface area contributed by atoms with Crippen LogP contribution in [-0.2, 0) is 9.53 Å². The lowest BCUT2D eigenvalue weighted by Gasteiger charge is -2.37. The summed E-state index contributed by atoms with van der Waals surface area (Å²) >= 11 is 0. The van der Waals surface area contributed by atoms with Crippen LogP contribution in [0.5, 0.6) is 0 Å². The maximum atomic E-state index is 11.4. The first-order valence-corrected chi connectivity index (χ1v) is 6.12. The van der Waals surface area contributed by atoms with E-state index < -0.39 is 0 Å². The highest BCUT2D eigenvalue weighted by Crippen LogP contribution is 2.32. The zero-order valence-corrected chi connectivity index (χ0v) is 9.34. The van der Waals surface area contributed by atoms with E-state index in [0.717, 1.165) is 31.6 Å². The smallest absolute Gasteiger partial charge is 0.307 e. The van der Waals surface area contributed by atoms with Crippen LogP contribution >= 0.6 is 0 Å². The predicted molar refractivity (Wildman–Crippen MR) is 58.3 cm³/mol. The van der Waals surface area contributed by atoms with E-state index in [9.17, 15) is 4.79 Å². The summed E-state index contributed by atoms with van der Waals surface area (Å²) in [6, 6.07) is 0. The van der Waals surface area contributed by atoms with Gasteiger partial charge in [0.05, 0.1) is 13.0 Å². The average molecular weight is 211 g/mol. The fraction of sp³-hybridized carbons (Fsp3) is 0.917. The van der Waals surface area contributed by atoms with Gasteiger partial charge in [0.25, 0.3) is 0 Å². The minimum absolute atomic E-state index is 0.100. The molecule has 2 saturated carbocycles. The number of hydrogen-bond acceptors (Lipinski definition) is 3. The molecular weight excluding hydrogens is 190 g/mol. The number of carbonyl (C=O) groups excluding carboxylic acids is 1. The first-order valence-electron chi connectivity index (χ1n) is 6.12. The lowest BCUT2D eigenvalue weighted by molar-refractivity contribution is -0.146. The van der Waals surface area contributed by atoms with Gasteiger partial charge in [0, 0.05) is 5.54 Å². The Morgan fingerprint density at radius 3 is 2.53 bits per heavy atom.